The topological polar surface area (TPSA) is 49.3 Å². The number of aliphatic hydroxyl groups is 1. The molecule has 1 aliphatic rings. The van der Waals surface area contributed by atoms with Crippen LogP contribution < -0.4 is 5.32 Å². The number of carbonyl (C=O) groups excluding carboxylic acids is 1. The zero-order valence-corrected chi connectivity index (χ0v) is 10.0. The molecule has 1 amide bonds. The van der Waals surface area contributed by atoms with E-state index < -0.39 is 0 Å². The molecule has 1 fully saturated rings. The van der Waals surface area contributed by atoms with Gasteiger partial charge in [0.1, 0.15) is 0 Å². The van der Waals surface area contributed by atoms with Crippen LogP contribution in [-0.2, 0) is 0 Å². The number of amides is 1. The summed E-state index contributed by atoms with van der Waals surface area (Å²) in [5.74, 6) is 0.213. The van der Waals surface area contributed by atoms with Gasteiger partial charge >= 0.3 is 0 Å². The Morgan fingerprint density at radius 3 is 3.00 bits per heavy atom. The number of hydrogen-bond acceptors (Lipinski definition) is 3. The Balaban J connectivity index is 1.80. The molecule has 0 radical (unpaired) electrons. The Hall–Kier alpha value is -0.870. The second kappa shape index (κ2) is 5.46. The van der Waals surface area contributed by atoms with E-state index in [1.165, 1.54) is 11.3 Å². The molecule has 16 heavy (non-hydrogen) atoms. The molecule has 1 saturated carbocycles. The van der Waals surface area contributed by atoms with Crippen molar-refractivity contribution in [3.8, 4) is 0 Å². The second-order valence-electron chi connectivity index (χ2n) is 4.30. The molecule has 4 heteroatoms. The summed E-state index contributed by atoms with van der Waals surface area (Å²) in [4.78, 5) is 12.4. The first-order chi connectivity index (χ1) is 7.77. The number of thiophene rings is 1. The summed E-state index contributed by atoms with van der Waals surface area (Å²) in [6, 6.07) is 3.69. The third-order valence-corrected chi connectivity index (χ3v) is 4.01. The van der Waals surface area contributed by atoms with Crippen LogP contribution in [0.3, 0.4) is 0 Å². The average molecular weight is 239 g/mol. The van der Waals surface area contributed by atoms with Crippen LogP contribution in [-0.4, -0.2) is 23.7 Å². The number of aliphatic hydroxyl groups excluding tert-OH is 1. The molecule has 0 aromatic carbocycles. The molecule has 1 aromatic rings. The van der Waals surface area contributed by atoms with Crippen molar-refractivity contribution < 1.29 is 9.90 Å². The first-order valence-electron chi connectivity index (χ1n) is 5.77. The minimum atomic E-state index is -0.239. The summed E-state index contributed by atoms with van der Waals surface area (Å²) in [6.07, 6.45) is 3.93. The van der Waals surface area contributed by atoms with Gasteiger partial charge < -0.3 is 10.4 Å². The zero-order valence-electron chi connectivity index (χ0n) is 9.19. The summed E-state index contributed by atoms with van der Waals surface area (Å²) in [7, 11) is 0. The molecule has 2 N–H and O–H groups in total. The molecule has 0 bridgehead atoms. The summed E-state index contributed by atoms with van der Waals surface area (Å²) >= 11 is 1.44. The van der Waals surface area contributed by atoms with Crippen molar-refractivity contribution in [1.82, 2.24) is 5.32 Å². The summed E-state index contributed by atoms with van der Waals surface area (Å²) in [6.45, 7) is 0.595. The van der Waals surface area contributed by atoms with Gasteiger partial charge in [-0.15, -0.1) is 11.3 Å². The summed E-state index contributed by atoms with van der Waals surface area (Å²) in [5, 5.41) is 14.6. The van der Waals surface area contributed by atoms with Gasteiger partial charge in [0, 0.05) is 12.5 Å². The summed E-state index contributed by atoms with van der Waals surface area (Å²) < 4.78 is 0. The number of carbonyl (C=O) groups is 1. The van der Waals surface area contributed by atoms with Crippen LogP contribution in [0.4, 0.5) is 0 Å². The van der Waals surface area contributed by atoms with Crippen molar-refractivity contribution in [2.45, 2.75) is 31.8 Å². The fraction of sp³-hybridized carbons (Fsp3) is 0.583. The van der Waals surface area contributed by atoms with Gasteiger partial charge in [-0.2, -0.15) is 0 Å². The van der Waals surface area contributed by atoms with Gasteiger partial charge in [-0.1, -0.05) is 18.9 Å². The number of nitrogens with one attached hydrogen (secondary N) is 1. The molecule has 0 saturated heterocycles. The standard InChI is InChI=1S/C12H17NO2S/c14-10-5-2-1-4-9(10)8-13-12(15)11-6-3-7-16-11/h3,6-7,9-10,14H,1-2,4-5,8H2,(H,13,15). The first-order valence-corrected chi connectivity index (χ1v) is 6.65. The maximum Gasteiger partial charge on any atom is 0.261 e. The van der Waals surface area contributed by atoms with Crippen LogP contribution in [0.15, 0.2) is 17.5 Å². The largest absolute Gasteiger partial charge is 0.393 e. The van der Waals surface area contributed by atoms with E-state index in [1.807, 2.05) is 17.5 Å². The normalized spacial score (nSPS) is 25.3. The molecule has 1 heterocycles. The minimum absolute atomic E-state index is 0.0206. The minimum Gasteiger partial charge on any atom is -0.393 e. The lowest BCUT2D eigenvalue weighted by molar-refractivity contribution is 0.0664. The monoisotopic (exact) mass is 239 g/mol. The fourth-order valence-electron chi connectivity index (χ4n) is 2.14. The van der Waals surface area contributed by atoms with Crippen LogP contribution in [0.25, 0.3) is 0 Å². The Bertz CT molecular complexity index is 337. The molecule has 0 spiro atoms. The number of rotatable bonds is 3. The Labute approximate surface area is 99.5 Å². The maximum atomic E-state index is 11.7. The van der Waals surface area contributed by atoms with Gasteiger partial charge in [0.15, 0.2) is 0 Å². The van der Waals surface area contributed by atoms with Gasteiger partial charge in [0.25, 0.3) is 5.91 Å². The lowest BCUT2D eigenvalue weighted by Gasteiger charge is -2.27. The molecule has 88 valence electrons. The molecule has 2 unspecified atom stereocenters. The quantitative estimate of drug-likeness (QED) is 0.848. The smallest absolute Gasteiger partial charge is 0.261 e. The van der Waals surface area contributed by atoms with E-state index in [0.717, 1.165) is 30.6 Å². The van der Waals surface area contributed by atoms with E-state index >= 15 is 0 Å². The van der Waals surface area contributed by atoms with E-state index in [9.17, 15) is 9.90 Å². The Kier molecular flexibility index (Phi) is 3.96. The predicted octanol–water partition coefficient (Wildman–Crippen LogP) is 2.03. The molecule has 1 aromatic heterocycles. The second-order valence-corrected chi connectivity index (χ2v) is 5.25. The zero-order chi connectivity index (χ0) is 11.4. The fourth-order valence-corrected chi connectivity index (χ4v) is 2.78. The highest BCUT2D eigenvalue weighted by Gasteiger charge is 2.23. The Morgan fingerprint density at radius 2 is 2.31 bits per heavy atom. The van der Waals surface area contributed by atoms with Crippen molar-refractivity contribution in [1.29, 1.82) is 0 Å². The van der Waals surface area contributed by atoms with Crippen molar-refractivity contribution in [3.63, 3.8) is 0 Å². The molecular weight excluding hydrogens is 222 g/mol. The molecular formula is C12H17NO2S. The van der Waals surface area contributed by atoms with Crippen molar-refractivity contribution in [2.24, 2.45) is 5.92 Å². The maximum absolute atomic E-state index is 11.7. The van der Waals surface area contributed by atoms with E-state index in [1.54, 1.807) is 0 Å². The van der Waals surface area contributed by atoms with Crippen LogP contribution in [0.2, 0.25) is 0 Å². The third-order valence-electron chi connectivity index (χ3n) is 3.14. The highest BCUT2D eigenvalue weighted by molar-refractivity contribution is 7.12. The van der Waals surface area contributed by atoms with E-state index in [0.29, 0.717) is 6.54 Å². The lowest BCUT2D eigenvalue weighted by atomic mass is 9.86. The molecule has 0 aliphatic heterocycles. The van der Waals surface area contributed by atoms with E-state index in [2.05, 4.69) is 5.32 Å². The molecule has 1 aliphatic carbocycles. The van der Waals surface area contributed by atoms with Crippen LogP contribution in [0.1, 0.15) is 35.4 Å². The van der Waals surface area contributed by atoms with Gasteiger partial charge in [0.05, 0.1) is 11.0 Å². The van der Waals surface area contributed by atoms with Crippen molar-refractivity contribution in [2.75, 3.05) is 6.54 Å². The summed E-state index contributed by atoms with van der Waals surface area (Å²) in [5.41, 5.74) is 0. The number of hydrogen-bond donors (Lipinski definition) is 2. The Morgan fingerprint density at radius 1 is 1.50 bits per heavy atom. The highest BCUT2D eigenvalue weighted by atomic mass is 32.1. The predicted molar refractivity (Wildman–Crippen MR) is 64.6 cm³/mol. The van der Waals surface area contributed by atoms with Crippen molar-refractivity contribution in [3.05, 3.63) is 22.4 Å². The first kappa shape index (κ1) is 11.6. The van der Waals surface area contributed by atoms with E-state index in [-0.39, 0.29) is 17.9 Å². The van der Waals surface area contributed by atoms with Gasteiger partial charge in [-0.3, -0.25) is 4.79 Å². The SMILES string of the molecule is O=C(NCC1CCCCC1O)c1cccs1. The van der Waals surface area contributed by atoms with Gasteiger partial charge in [-0.25, -0.2) is 0 Å². The molecule has 2 atom stereocenters. The molecule has 2 rings (SSSR count). The lowest BCUT2D eigenvalue weighted by Crippen LogP contribution is -2.36. The van der Waals surface area contributed by atoms with Crippen LogP contribution in [0, 0.1) is 5.92 Å². The molecule has 3 nitrogen and oxygen atoms in total. The van der Waals surface area contributed by atoms with E-state index in [4.69, 9.17) is 0 Å². The highest BCUT2D eigenvalue weighted by Crippen LogP contribution is 2.23. The van der Waals surface area contributed by atoms with Crippen LogP contribution in [0.5, 0.6) is 0 Å². The van der Waals surface area contributed by atoms with Crippen LogP contribution >= 0.6 is 11.3 Å². The van der Waals surface area contributed by atoms with Gasteiger partial charge in [-0.05, 0) is 24.3 Å². The average Bonchev–Trinajstić information content (AvgIpc) is 2.81. The van der Waals surface area contributed by atoms with Gasteiger partial charge in [0.2, 0.25) is 0 Å². The van der Waals surface area contributed by atoms with Crippen molar-refractivity contribution >= 4 is 17.2 Å². The third kappa shape index (κ3) is 2.83.